The zero-order chi connectivity index (χ0) is 32.3. The van der Waals surface area contributed by atoms with E-state index in [9.17, 15) is 30.0 Å². The highest BCUT2D eigenvalue weighted by atomic mass is 16.6. The number of cyclic esters (lactones) is 1. The summed E-state index contributed by atoms with van der Waals surface area (Å²) in [6.45, 7) is 18.5. The molecule has 1 aliphatic rings. The van der Waals surface area contributed by atoms with E-state index >= 15 is 0 Å². The molecule has 0 aromatic carbocycles. The molecule has 9 heteroatoms. The van der Waals surface area contributed by atoms with Gasteiger partial charge in [0, 0.05) is 36.0 Å². The summed E-state index contributed by atoms with van der Waals surface area (Å²) in [5.74, 6) is -2.52. The van der Waals surface area contributed by atoms with Crippen LogP contribution in [0, 0.1) is 41.4 Å². The number of aliphatic hydroxyl groups is 4. The molecule has 0 aromatic rings. The molecule has 13 atom stereocenters. The molecule has 1 rings (SSSR count). The van der Waals surface area contributed by atoms with Crippen LogP contribution in [0.2, 0.25) is 0 Å². The Morgan fingerprint density at radius 1 is 1.02 bits per heavy atom. The van der Waals surface area contributed by atoms with Gasteiger partial charge in [-0.15, -0.1) is 0 Å². The molecular weight excluding hydrogens is 538 g/mol. The van der Waals surface area contributed by atoms with Gasteiger partial charge in [-0.1, -0.05) is 90.2 Å². The minimum Gasteiger partial charge on any atom is -0.462 e. The Bertz CT molecular complexity index is 962. The SMILES string of the molecule is C=C/C=C/[C@H](C)[C@@H](OC(N)=O)[C@H](C)[C@@H](O)[C@H](C)C/C(C)=C\[C@@H](C)[C@H](O)[C@@H](C)/C=C/[C@@H](O)C[C@@H]1OC(=O)[C@H](C)[C@@H](O)C1C. The lowest BCUT2D eigenvalue weighted by Crippen LogP contribution is -2.47. The highest BCUT2D eigenvalue weighted by Crippen LogP contribution is 2.30. The highest BCUT2D eigenvalue weighted by Gasteiger charge is 2.41. The molecule has 9 nitrogen and oxygen atoms in total. The number of aliphatic hydroxyl groups excluding tert-OH is 4. The van der Waals surface area contributed by atoms with Crippen molar-refractivity contribution in [3.8, 4) is 0 Å². The third-order valence-corrected chi connectivity index (χ3v) is 8.62. The summed E-state index contributed by atoms with van der Waals surface area (Å²) in [5.41, 5.74) is 6.30. The fraction of sp³-hybridized carbons (Fsp3) is 0.697. The number of esters is 1. The van der Waals surface area contributed by atoms with Crippen molar-refractivity contribution in [1.29, 1.82) is 0 Å². The highest BCUT2D eigenvalue weighted by molar-refractivity contribution is 5.73. The standard InChI is InChI=1S/C33H55NO8/c1-10-11-12-20(4)31(42-33(34)40)24(8)29(37)22(6)16-18(2)15-21(5)28(36)19(3)13-14-26(35)17-27-23(7)30(38)25(9)32(39)41-27/h10-15,19-31,35-38H,1,16-17H2,2-9H3,(H2,34,40)/b12-11+,14-13+,18-15-/t19-,20-,21+,22+,23?,24+,25+,26+,27-,28+,29-,30-,31+/m0/s1. The molecule has 1 fully saturated rings. The minimum atomic E-state index is -0.894. The molecule has 0 aromatic heterocycles. The van der Waals surface area contributed by atoms with Gasteiger partial charge in [0.25, 0.3) is 0 Å². The van der Waals surface area contributed by atoms with Gasteiger partial charge in [-0.3, -0.25) is 4.79 Å². The molecule has 0 saturated carbocycles. The normalized spacial score (nSPS) is 28.3. The van der Waals surface area contributed by atoms with Crippen molar-refractivity contribution in [1.82, 2.24) is 0 Å². The number of nitrogens with two attached hydrogens (primary N) is 1. The molecule has 240 valence electrons. The monoisotopic (exact) mass is 593 g/mol. The second kappa shape index (κ2) is 17.6. The predicted octanol–water partition coefficient (Wildman–Crippen LogP) is 4.30. The number of hydrogen-bond acceptors (Lipinski definition) is 8. The summed E-state index contributed by atoms with van der Waals surface area (Å²) in [6, 6.07) is 0. The maximum atomic E-state index is 12.0. The number of rotatable bonds is 16. The molecule has 42 heavy (non-hydrogen) atoms. The molecule has 1 saturated heterocycles. The molecule has 6 N–H and O–H groups in total. The topological polar surface area (TPSA) is 160 Å². The van der Waals surface area contributed by atoms with Crippen molar-refractivity contribution in [2.24, 2.45) is 47.2 Å². The lowest BCUT2D eigenvalue weighted by atomic mass is 9.81. The average Bonchev–Trinajstić information content (AvgIpc) is 2.93. The van der Waals surface area contributed by atoms with Crippen LogP contribution in [0.5, 0.6) is 0 Å². The number of ether oxygens (including phenoxy) is 2. The molecule has 0 aliphatic carbocycles. The summed E-state index contributed by atoms with van der Waals surface area (Å²) in [6.07, 6.45) is 6.04. The van der Waals surface area contributed by atoms with Crippen LogP contribution in [-0.2, 0) is 14.3 Å². The van der Waals surface area contributed by atoms with Crippen LogP contribution in [0.4, 0.5) is 4.79 Å². The third-order valence-electron chi connectivity index (χ3n) is 8.62. The van der Waals surface area contributed by atoms with Crippen LogP contribution >= 0.6 is 0 Å². The number of allylic oxidation sites excluding steroid dienone is 3. The second-order valence-electron chi connectivity index (χ2n) is 12.4. The summed E-state index contributed by atoms with van der Waals surface area (Å²) >= 11 is 0. The quantitative estimate of drug-likeness (QED) is 0.101. The Morgan fingerprint density at radius 2 is 1.64 bits per heavy atom. The van der Waals surface area contributed by atoms with E-state index in [-0.39, 0.29) is 41.9 Å². The van der Waals surface area contributed by atoms with Crippen LogP contribution in [0.25, 0.3) is 0 Å². The van der Waals surface area contributed by atoms with Crippen molar-refractivity contribution < 1.29 is 39.5 Å². The van der Waals surface area contributed by atoms with Gasteiger partial charge in [0.1, 0.15) is 12.2 Å². The lowest BCUT2D eigenvalue weighted by Gasteiger charge is -2.36. The molecule has 0 spiro atoms. The summed E-state index contributed by atoms with van der Waals surface area (Å²) in [7, 11) is 0. The van der Waals surface area contributed by atoms with Crippen LogP contribution in [0.15, 0.2) is 48.6 Å². The Hall–Kier alpha value is -2.46. The van der Waals surface area contributed by atoms with E-state index in [1.807, 2.05) is 53.7 Å². The first-order valence-corrected chi connectivity index (χ1v) is 15.0. The van der Waals surface area contributed by atoms with Gasteiger partial charge in [-0.05, 0) is 26.2 Å². The van der Waals surface area contributed by atoms with Crippen LogP contribution < -0.4 is 5.73 Å². The van der Waals surface area contributed by atoms with E-state index in [0.29, 0.717) is 6.42 Å². The molecule has 1 amide bonds. The third kappa shape index (κ3) is 11.3. The van der Waals surface area contributed by atoms with E-state index in [2.05, 4.69) is 6.58 Å². The van der Waals surface area contributed by atoms with Gasteiger partial charge in [0.05, 0.1) is 30.3 Å². The van der Waals surface area contributed by atoms with E-state index < -0.39 is 54.6 Å². The number of carbonyl (C=O) groups excluding carboxylic acids is 2. The minimum absolute atomic E-state index is 0.152. The van der Waals surface area contributed by atoms with Gasteiger partial charge in [-0.2, -0.15) is 0 Å². The molecule has 1 aliphatic heterocycles. The van der Waals surface area contributed by atoms with Gasteiger partial charge >= 0.3 is 12.1 Å². The number of amides is 1. The largest absolute Gasteiger partial charge is 0.462 e. The van der Waals surface area contributed by atoms with Gasteiger partial charge in [0.2, 0.25) is 0 Å². The Morgan fingerprint density at radius 3 is 2.21 bits per heavy atom. The summed E-state index contributed by atoms with van der Waals surface area (Å²) < 4.78 is 10.8. The number of primary amides is 1. The van der Waals surface area contributed by atoms with Gasteiger partial charge in [-0.25, -0.2) is 4.79 Å². The van der Waals surface area contributed by atoms with E-state index in [0.717, 1.165) is 5.57 Å². The zero-order valence-electron chi connectivity index (χ0n) is 26.6. The lowest BCUT2D eigenvalue weighted by molar-refractivity contribution is -0.179. The first-order valence-electron chi connectivity index (χ1n) is 15.0. The van der Waals surface area contributed by atoms with E-state index in [4.69, 9.17) is 15.2 Å². The average molecular weight is 594 g/mol. The molecule has 1 unspecified atom stereocenters. The fourth-order valence-corrected chi connectivity index (χ4v) is 5.80. The van der Waals surface area contributed by atoms with Crippen LogP contribution in [0.1, 0.15) is 68.2 Å². The van der Waals surface area contributed by atoms with E-state index in [1.165, 1.54) is 0 Å². The second-order valence-corrected chi connectivity index (χ2v) is 12.4. The van der Waals surface area contributed by atoms with Crippen molar-refractivity contribution in [2.75, 3.05) is 0 Å². The van der Waals surface area contributed by atoms with Crippen molar-refractivity contribution in [3.05, 3.63) is 48.6 Å². The smallest absolute Gasteiger partial charge is 0.404 e. The van der Waals surface area contributed by atoms with E-state index in [1.54, 1.807) is 38.2 Å². The summed E-state index contributed by atoms with van der Waals surface area (Å²) in [4.78, 5) is 23.5. The Labute approximate surface area is 252 Å². The molecule has 0 bridgehead atoms. The molecule has 0 radical (unpaired) electrons. The summed E-state index contributed by atoms with van der Waals surface area (Å²) in [5, 5.41) is 42.8. The number of hydrogen-bond donors (Lipinski definition) is 5. The Balaban J connectivity index is 2.76. The molecular formula is C33H55NO8. The molecule has 1 heterocycles. The zero-order valence-corrected chi connectivity index (χ0v) is 26.6. The van der Waals surface area contributed by atoms with Crippen molar-refractivity contribution in [3.63, 3.8) is 0 Å². The maximum absolute atomic E-state index is 12.0. The van der Waals surface area contributed by atoms with Crippen LogP contribution in [0.3, 0.4) is 0 Å². The predicted molar refractivity (Wildman–Crippen MR) is 164 cm³/mol. The fourth-order valence-electron chi connectivity index (χ4n) is 5.80. The first kappa shape index (κ1) is 37.6. The Kier molecular flexibility index (Phi) is 15.7. The first-order chi connectivity index (χ1) is 19.5. The van der Waals surface area contributed by atoms with Crippen molar-refractivity contribution >= 4 is 12.1 Å². The van der Waals surface area contributed by atoms with Gasteiger partial charge in [0.15, 0.2) is 0 Å². The van der Waals surface area contributed by atoms with Crippen molar-refractivity contribution in [2.45, 2.75) is 105 Å². The van der Waals surface area contributed by atoms with Gasteiger partial charge < -0.3 is 35.6 Å². The maximum Gasteiger partial charge on any atom is 0.404 e. The number of carbonyl (C=O) groups is 2. The van der Waals surface area contributed by atoms with Crippen LogP contribution in [-0.4, -0.2) is 69.1 Å².